The van der Waals surface area contributed by atoms with E-state index in [-0.39, 0.29) is 27.7 Å². The lowest BCUT2D eigenvalue weighted by molar-refractivity contribution is -0.0114. The van der Waals surface area contributed by atoms with Gasteiger partial charge < -0.3 is 4.74 Å². The number of hydrogen-bond donors (Lipinski definition) is 0. The van der Waals surface area contributed by atoms with Crippen LogP contribution in [0.15, 0.2) is 23.1 Å². The molecule has 0 spiro atoms. The van der Waals surface area contributed by atoms with Gasteiger partial charge in [0.15, 0.2) is 0 Å². The quantitative estimate of drug-likeness (QED) is 0.834. The molecule has 0 saturated carbocycles. The molecule has 5 nitrogen and oxygen atoms in total. The van der Waals surface area contributed by atoms with E-state index < -0.39 is 10.0 Å². The Balaban J connectivity index is 1.98. The van der Waals surface area contributed by atoms with Crippen molar-refractivity contribution in [3.8, 4) is 6.07 Å². The molecular weight excluding hydrogens is 300 g/mol. The highest BCUT2D eigenvalue weighted by molar-refractivity contribution is 7.89. The average molecular weight is 313 g/mol. The largest absolute Gasteiger partial charge is 0.372 e. The summed E-state index contributed by atoms with van der Waals surface area (Å²) in [5.41, 5.74) is 0.282. The first kappa shape index (κ1) is 13.8. The van der Waals surface area contributed by atoms with Gasteiger partial charge >= 0.3 is 0 Å². The first-order chi connectivity index (χ1) is 9.50. The highest BCUT2D eigenvalue weighted by atomic mass is 35.5. The summed E-state index contributed by atoms with van der Waals surface area (Å²) >= 11 is 6.00. The van der Waals surface area contributed by atoms with Crippen LogP contribution in [0, 0.1) is 11.3 Å². The van der Waals surface area contributed by atoms with E-state index in [4.69, 9.17) is 21.6 Å². The summed E-state index contributed by atoms with van der Waals surface area (Å²) in [5, 5.41) is 9.04. The maximum Gasteiger partial charge on any atom is 0.244 e. The second-order valence-corrected chi connectivity index (χ2v) is 7.35. The van der Waals surface area contributed by atoms with Crippen LogP contribution in [0.1, 0.15) is 18.4 Å². The summed E-state index contributed by atoms with van der Waals surface area (Å²) in [6, 6.07) is 6.21. The Kier molecular flexibility index (Phi) is 3.46. The fraction of sp³-hybridized carbons (Fsp3) is 0.462. The monoisotopic (exact) mass is 312 g/mol. The van der Waals surface area contributed by atoms with Crippen molar-refractivity contribution in [2.24, 2.45) is 0 Å². The van der Waals surface area contributed by atoms with E-state index >= 15 is 0 Å². The molecule has 0 amide bonds. The zero-order valence-electron chi connectivity index (χ0n) is 10.6. The Hall–Kier alpha value is -1.13. The van der Waals surface area contributed by atoms with Crippen LogP contribution in [-0.4, -0.2) is 38.0 Å². The zero-order valence-corrected chi connectivity index (χ0v) is 12.2. The van der Waals surface area contributed by atoms with Gasteiger partial charge in [0.1, 0.15) is 4.90 Å². The van der Waals surface area contributed by atoms with Crippen LogP contribution >= 0.6 is 11.6 Å². The van der Waals surface area contributed by atoms with E-state index in [1.807, 2.05) is 6.07 Å². The molecule has 106 valence electrons. The maximum atomic E-state index is 12.7. The lowest BCUT2D eigenvalue weighted by Gasteiger charge is -2.31. The minimum atomic E-state index is -3.68. The van der Waals surface area contributed by atoms with Gasteiger partial charge in [0, 0.05) is 13.1 Å². The molecule has 2 unspecified atom stereocenters. The third kappa shape index (κ3) is 2.31. The van der Waals surface area contributed by atoms with Crippen LogP contribution < -0.4 is 0 Å². The third-order valence-electron chi connectivity index (χ3n) is 3.69. The van der Waals surface area contributed by atoms with Gasteiger partial charge in [-0.3, -0.25) is 0 Å². The SMILES string of the molecule is N#Cc1ccc(Cl)c(S(=O)(=O)N2CC3CCC(C2)O3)c1. The number of hydrogen-bond acceptors (Lipinski definition) is 4. The number of halogens is 1. The molecule has 0 N–H and O–H groups in total. The van der Waals surface area contributed by atoms with Crippen molar-refractivity contribution in [3.05, 3.63) is 28.8 Å². The van der Waals surface area contributed by atoms with E-state index in [0.717, 1.165) is 12.8 Å². The molecule has 1 aromatic rings. The Morgan fingerprint density at radius 2 is 1.95 bits per heavy atom. The van der Waals surface area contributed by atoms with Crippen molar-refractivity contribution in [1.82, 2.24) is 4.31 Å². The summed E-state index contributed by atoms with van der Waals surface area (Å²) in [6.07, 6.45) is 1.73. The molecule has 0 aliphatic carbocycles. The van der Waals surface area contributed by atoms with Crippen LogP contribution in [0.2, 0.25) is 5.02 Å². The number of fused-ring (bicyclic) bond motifs is 2. The smallest absolute Gasteiger partial charge is 0.244 e. The van der Waals surface area contributed by atoms with E-state index in [9.17, 15) is 8.42 Å². The lowest BCUT2D eigenvalue weighted by Crippen LogP contribution is -2.45. The minimum Gasteiger partial charge on any atom is -0.372 e. The Labute approximate surface area is 122 Å². The Morgan fingerprint density at radius 1 is 1.30 bits per heavy atom. The molecule has 20 heavy (non-hydrogen) atoms. The van der Waals surface area contributed by atoms with Gasteiger partial charge in [-0.05, 0) is 31.0 Å². The van der Waals surface area contributed by atoms with Gasteiger partial charge in [0.2, 0.25) is 10.0 Å². The summed E-state index contributed by atoms with van der Waals surface area (Å²) in [6.45, 7) is 0.706. The topological polar surface area (TPSA) is 70.4 Å². The number of benzene rings is 1. The predicted octanol–water partition coefficient (Wildman–Crippen LogP) is 1.76. The third-order valence-corrected chi connectivity index (χ3v) is 6.00. The van der Waals surface area contributed by atoms with E-state index in [1.54, 1.807) is 0 Å². The van der Waals surface area contributed by atoms with E-state index in [2.05, 4.69) is 0 Å². The lowest BCUT2D eigenvalue weighted by atomic mass is 10.2. The maximum absolute atomic E-state index is 12.7. The van der Waals surface area contributed by atoms with Gasteiger partial charge in [0.05, 0.1) is 28.9 Å². The van der Waals surface area contributed by atoms with Crippen LogP contribution in [0.4, 0.5) is 0 Å². The summed E-state index contributed by atoms with van der Waals surface area (Å²) in [4.78, 5) is -0.000448. The molecule has 3 rings (SSSR count). The highest BCUT2D eigenvalue weighted by Gasteiger charge is 2.39. The predicted molar refractivity (Wildman–Crippen MR) is 72.8 cm³/mol. The van der Waals surface area contributed by atoms with Crippen LogP contribution in [0.5, 0.6) is 0 Å². The Morgan fingerprint density at radius 3 is 2.55 bits per heavy atom. The molecule has 2 saturated heterocycles. The summed E-state index contributed by atoms with van der Waals surface area (Å²) in [5.74, 6) is 0. The van der Waals surface area contributed by atoms with Gasteiger partial charge in [0.25, 0.3) is 0 Å². The molecule has 0 aromatic heterocycles. The molecule has 2 bridgehead atoms. The molecule has 7 heteroatoms. The van der Waals surface area contributed by atoms with Crippen molar-refractivity contribution in [3.63, 3.8) is 0 Å². The second kappa shape index (κ2) is 5.01. The standard InChI is InChI=1S/C13H13ClN2O3S/c14-12-4-1-9(6-15)5-13(12)20(17,18)16-7-10-2-3-11(8-16)19-10/h1,4-5,10-11H,2-3,7-8H2. The molecule has 2 atom stereocenters. The van der Waals surface area contributed by atoms with Gasteiger partial charge in [-0.15, -0.1) is 0 Å². The van der Waals surface area contributed by atoms with Crippen molar-refractivity contribution in [2.45, 2.75) is 29.9 Å². The molecule has 2 heterocycles. The fourth-order valence-electron chi connectivity index (χ4n) is 2.68. The Bertz CT molecular complexity index is 671. The molecule has 0 radical (unpaired) electrons. The van der Waals surface area contributed by atoms with Crippen LogP contribution in [-0.2, 0) is 14.8 Å². The molecule has 2 aliphatic rings. The molecule has 2 fully saturated rings. The van der Waals surface area contributed by atoms with Crippen LogP contribution in [0.25, 0.3) is 0 Å². The molecule has 1 aromatic carbocycles. The minimum absolute atomic E-state index is 0.000448. The van der Waals surface area contributed by atoms with Crippen molar-refractivity contribution in [2.75, 3.05) is 13.1 Å². The number of nitriles is 1. The molecule has 2 aliphatic heterocycles. The van der Waals surface area contributed by atoms with Crippen molar-refractivity contribution < 1.29 is 13.2 Å². The van der Waals surface area contributed by atoms with Crippen molar-refractivity contribution >= 4 is 21.6 Å². The van der Waals surface area contributed by atoms with E-state index in [1.165, 1.54) is 22.5 Å². The van der Waals surface area contributed by atoms with Crippen LogP contribution in [0.3, 0.4) is 0 Å². The fourth-order valence-corrected chi connectivity index (χ4v) is 4.69. The second-order valence-electron chi connectivity index (χ2n) is 5.04. The average Bonchev–Trinajstić information content (AvgIpc) is 2.77. The van der Waals surface area contributed by atoms with Gasteiger partial charge in [-0.1, -0.05) is 11.6 Å². The first-order valence-corrected chi connectivity index (χ1v) is 8.18. The number of morpholine rings is 1. The van der Waals surface area contributed by atoms with Gasteiger partial charge in [-0.2, -0.15) is 9.57 Å². The summed E-state index contributed by atoms with van der Waals surface area (Å²) in [7, 11) is -3.68. The summed E-state index contributed by atoms with van der Waals surface area (Å²) < 4.78 is 32.4. The number of nitrogens with zero attached hydrogens (tertiary/aromatic N) is 2. The molecular formula is C13H13ClN2O3S. The highest BCUT2D eigenvalue weighted by Crippen LogP contribution is 2.32. The number of sulfonamides is 1. The number of ether oxygens (including phenoxy) is 1. The van der Waals surface area contributed by atoms with Crippen molar-refractivity contribution in [1.29, 1.82) is 5.26 Å². The number of rotatable bonds is 2. The first-order valence-electron chi connectivity index (χ1n) is 6.36. The van der Waals surface area contributed by atoms with E-state index in [0.29, 0.717) is 13.1 Å². The van der Waals surface area contributed by atoms with Gasteiger partial charge in [-0.25, -0.2) is 8.42 Å². The normalized spacial score (nSPS) is 26.4. The zero-order chi connectivity index (χ0) is 14.3.